The van der Waals surface area contributed by atoms with Gasteiger partial charge < -0.3 is 9.84 Å². The zero-order valence-electron chi connectivity index (χ0n) is 23.4. The van der Waals surface area contributed by atoms with Gasteiger partial charge in [0.1, 0.15) is 5.76 Å². The van der Waals surface area contributed by atoms with Crippen LogP contribution in [0.5, 0.6) is 0 Å². The topological polar surface area (TPSA) is 83.9 Å². The van der Waals surface area contributed by atoms with Crippen LogP contribution in [0.1, 0.15) is 35.4 Å². The molecule has 7 heteroatoms. The molecule has 0 amide bonds. The van der Waals surface area contributed by atoms with Gasteiger partial charge in [0.15, 0.2) is 5.60 Å². The van der Waals surface area contributed by atoms with Gasteiger partial charge in [-0.2, -0.15) is 0 Å². The molecule has 1 heterocycles. The van der Waals surface area contributed by atoms with Crippen LogP contribution in [0.3, 0.4) is 0 Å². The van der Waals surface area contributed by atoms with E-state index in [4.69, 9.17) is 4.74 Å². The van der Waals surface area contributed by atoms with Crippen molar-refractivity contribution in [3.63, 3.8) is 0 Å². The minimum Gasteiger partial charge on any atom is -0.507 e. The summed E-state index contributed by atoms with van der Waals surface area (Å²) in [5, 5.41) is 12.0. The zero-order valence-corrected chi connectivity index (χ0v) is 24.2. The second-order valence-corrected chi connectivity index (χ2v) is 13.1. The molecular formula is C35H33NO5S. The maximum absolute atomic E-state index is 13.7. The van der Waals surface area contributed by atoms with Crippen molar-refractivity contribution >= 4 is 21.7 Å². The predicted octanol–water partition coefficient (Wildman–Crippen LogP) is 6.60. The summed E-state index contributed by atoms with van der Waals surface area (Å²) in [6.45, 7) is 0. The Morgan fingerprint density at radius 3 is 1.93 bits per heavy atom. The Bertz CT molecular complexity index is 1670. The number of aliphatic hydroxyl groups is 1. The molecule has 6 rings (SSSR count). The highest BCUT2D eigenvalue weighted by Gasteiger charge is 2.52. The molecule has 2 aliphatic rings. The first-order chi connectivity index (χ1) is 20.3. The van der Waals surface area contributed by atoms with E-state index in [0.29, 0.717) is 18.5 Å². The van der Waals surface area contributed by atoms with Crippen molar-refractivity contribution in [2.45, 2.75) is 42.1 Å². The number of benzene rings is 4. The van der Waals surface area contributed by atoms with Crippen molar-refractivity contribution in [1.29, 1.82) is 0 Å². The number of anilines is 1. The summed E-state index contributed by atoms with van der Waals surface area (Å²) in [7, 11) is -2.26. The van der Waals surface area contributed by atoms with Crippen LogP contribution in [-0.4, -0.2) is 32.1 Å². The van der Waals surface area contributed by atoms with Gasteiger partial charge in [0, 0.05) is 25.8 Å². The normalized spacial score (nSPS) is 17.1. The summed E-state index contributed by atoms with van der Waals surface area (Å²) in [6, 6.07) is 35.0. The molecule has 4 aromatic rings. The Morgan fingerprint density at radius 1 is 0.833 bits per heavy atom. The van der Waals surface area contributed by atoms with Crippen LogP contribution < -0.4 is 4.31 Å². The lowest BCUT2D eigenvalue weighted by atomic mass is 9.81. The third-order valence-corrected chi connectivity index (χ3v) is 10.1. The fourth-order valence-corrected chi connectivity index (χ4v) is 7.17. The Balaban J connectivity index is 1.41. The minimum absolute atomic E-state index is 0.0345. The molecule has 0 radical (unpaired) electrons. The van der Waals surface area contributed by atoms with Gasteiger partial charge >= 0.3 is 5.97 Å². The van der Waals surface area contributed by atoms with Crippen LogP contribution in [0.15, 0.2) is 131 Å². The minimum atomic E-state index is -3.79. The van der Waals surface area contributed by atoms with Gasteiger partial charge in [0.2, 0.25) is 0 Å². The molecule has 4 aromatic carbocycles. The Morgan fingerprint density at radius 2 is 1.38 bits per heavy atom. The molecule has 1 aliphatic carbocycles. The number of aliphatic hydroxyl groups excluding tert-OH is 1. The maximum Gasteiger partial charge on any atom is 0.339 e. The van der Waals surface area contributed by atoms with E-state index in [-0.39, 0.29) is 22.1 Å². The summed E-state index contributed by atoms with van der Waals surface area (Å²) in [6.07, 6.45) is 2.47. The van der Waals surface area contributed by atoms with Gasteiger partial charge in [0.25, 0.3) is 10.0 Å². The number of cyclic esters (lactones) is 1. The number of esters is 1. The van der Waals surface area contributed by atoms with Crippen LogP contribution in [0.4, 0.5) is 5.69 Å². The van der Waals surface area contributed by atoms with E-state index in [0.717, 1.165) is 29.5 Å². The van der Waals surface area contributed by atoms with Gasteiger partial charge in [-0.1, -0.05) is 91.0 Å². The quantitative estimate of drug-likeness (QED) is 0.214. The highest BCUT2D eigenvalue weighted by atomic mass is 32.2. The van der Waals surface area contributed by atoms with E-state index in [2.05, 4.69) is 0 Å². The molecular weight excluding hydrogens is 546 g/mol. The van der Waals surface area contributed by atoms with Crippen molar-refractivity contribution in [1.82, 2.24) is 0 Å². The molecule has 1 fully saturated rings. The SMILES string of the molecule is CN(c1cccc(C(C2=C(O)C(Cc3ccccc3)(Cc3ccccc3)OC2=O)C2CC2)c1)S(=O)(=O)c1ccccc1. The van der Waals surface area contributed by atoms with Gasteiger partial charge in [-0.3, -0.25) is 4.31 Å². The van der Waals surface area contributed by atoms with E-state index >= 15 is 0 Å². The molecule has 1 atom stereocenters. The number of carbonyl (C=O) groups excluding carboxylic acids is 1. The number of hydrogen-bond donors (Lipinski definition) is 1. The van der Waals surface area contributed by atoms with Crippen LogP contribution in [0.25, 0.3) is 0 Å². The van der Waals surface area contributed by atoms with Gasteiger partial charge in [0.05, 0.1) is 16.2 Å². The summed E-state index contributed by atoms with van der Waals surface area (Å²) in [5.74, 6) is -0.830. The Kier molecular flexibility index (Phi) is 7.37. The van der Waals surface area contributed by atoms with Crippen LogP contribution in [0, 0.1) is 5.92 Å². The third kappa shape index (κ3) is 5.32. The Hall–Kier alpha value is -4.36. The summed E-state index contributed by atoms with van der Waals surface area (Å²) in [4.78, 5) is 13.9. The summed E-state index contributed by atoms with van der Waals surface area (Å²) in [5.41, 5.74) is 2.19. The number of rotatable bonds is 10. The summed E-state index contributed by atoms with van der Waals surface area (Å²) >= 11 is 0. The number of hydrogen-bond acceptors (Lipinski definition) is 5. The number of nitrogens with zero attached hydrogens (tertiary/aromatic N) is 1. The molecule has 0 aromatic heterocycles. The van der Waals surface area contributed by atoms with Gasteiger partial charge in [-0.05, 0) is 59.7 Å². The van der Waals surface area contributed by atoms with E-state index in [1.165, 1.54) is 11.4 Å². The van der Waals surface area contributed by atoms with E-state index in [9.17, 15) is 18.3 Å². The van der Waals surface area contributed by atoms with Crippen molar-refractivity contribution in [3.8, 4) is 0 Å². The molecule has 1 aliphatic heterocycles. The van der Waals surface area contributed by atoms with Crippen LogP contribution in [-0.2, 0) is 32.4 Å². The molecule has 1 unspecified atom stereocenters. The lowest BCUT2D eigenvalue weighted by Gasteiger charge is -2.29. The first kappa shape index (κ1) is 27.8. The molecule has 0 spiro atoms. The fourth-order valence-electron chi connectivity index (χ4n) is 5.96. The number of ether oxygens (including phenoxy) is 1. The third-order valence-electron chi connectivity index (χ3n) is 8.26. The Labute approximate surface area is 247 Å². The second-order valence-electron chi connectivity index (χ2n) is 11.2. The largest absolute Gasteiger partial charge is 0.507 e. The van der Waals surface area contributed by atoms with E-state index < -0.39 is 27.5 Å². The molecule has 6 nitrogen and oxygen atoms in total. The van der Waals surface area contributed by atoms with Gasteiger partial charge in [-0.25, -0.2) is 13.2 Å². The fraction of sp³-hybridized carbons (Fsp3) is 0.229. The monoisotopic (exact) mass is 579 g/mol. The standard InChI is InChI=1S/C35H33NO5S/c1-36(42(39,40)30-18-9-4-10-19-30)29-17-11-16-28(22-29)31(27-20-21-27)32-33(37)35(41-34(32)38,23-25-12-5-2-6-13-25)24-26-14-7-3-8-15-26/h2-19,22,27,31,37H,20-21,23-24H2,1H3. The lowest BCUT2D eigenvalue weighted by Crippen LogP contribution is -2.37. The summed E-state index contributed by atoms with van der Waals surface area (Å²) < 4.78 is 34.1. The predicted molar refractivity (Wildman–Crippen MR) is 163 cm³/mol. The smallest absolute Gasteiger partial charge is 0.339 e. The van der Waals surface area contributed by atoms with Crippen molar-refractivity contribution < 1.29 is 23.1 Å². The van der Waals surface area contributed by atoms with E-state index in [1.54, 1.807) is 42.5 Å². The number of sulfonamides is 1. The first-order valence-electron chi connectivity index (χ1n) is 14.2. The average Bonchev–Trinajstić information content (AvgIpc) is 3.82. The van der Waals surface area contributed by atoms with Gasteiger partial charge in [-0.15, -0.1) is 0 Å². The van der Waals surface area contributed by atoms with Crippen LogP contribution >= 0.6 is 0 Å². The average molecular weight is 580 g/mol. The highest BCUT2D eigenvalue weighted by Crippen LogP contribution is 2.52. The molecule has 214 valence electrons. The zero-order chi connectivity index (χ0) is 29.3. The first-order valence-corrected chi connectivity index (χ1v) is 15.6. The molecule has 1 N–H and O–H groups in total. The molecule has 0 saturated heterocycles. The van der Waals surface area contributed by atoms with Crippen molar-refractivity contribution in [2.24, 2.45) is 5.92 Å². The maximum atomic E-state index is 13.7. The van der Waals surface area contributed by atoms with Crippen molar-refractivity contribution in [2.75, 3.05) is 11.4 Å². The molecule has 1 saturated carbocycles. The molecule has 0 bridgehead atoms. The lowest BCUT2D eigenvalue weighted by molar-refractivity contribution is -0.148. The number of carbonyl (C=O) groups is 1. The molecule has 42 heavy (non-hydrogen) atoms. The highest BCUT2D eigenvalue weighted by molar-refractivity contribution is 7.92. The van der Waals surface area contributed by atoms with Crippen LogP contribution in [0.2, 0.25) is 0 Å². The van der Waals surface area contributed by atoms with Crippen molar-refractivity contribution in [3.05, 3.63) is 143 Å². The second kappa shape index (κ2) is 11.1. The van der Waals surface area contributed by atoms with E-state index in [1.807, 2.05) is 72.8 Å².